The smallest absolute Gasteiger partial charge is 0.146 e. The summed E-state index contributed by atoms with van der Waals surface area (Å²) in [6.45, 7) is 6.71. The minimum Gasteiger partial charge on any atom is -0.320 e. The van der Waals surface area contributed by atoms with Crippen LogP contribution in [0.25, 0.3) is 0 Å². The van der Waals surface area contributed by atoms with Gasteiger partial charge < -0.3 is 9.88 Å². The van der Waals surface area contributed by atoms with Gasteiger partial charge in [-0.2, -0.15) is 0 Å². The van der Waals surface area contributed by atoms with Gasteiger partial charge in [0.1, 0.15) is 12.2 Å². The van der Waals surface area contributed by atoms with E-state index < -0.39 is 0 Å². The molecule has 84 valence electrons. The number of rotatable bonds is 7. The second-order valence-corrected chi connectivity index (χ2v) is 3.71. The highest BCUT2D eigenvalue weighted by Crippen LogP contribution is 2.03. The minimum atomic E-state index is 0.541. The predicted octanol–water partition coefficient (Wildman–Crippen LogP) is 1.65. The van der Waals surface area contributed by atoms with Crippen molar-refractivity contribution in [2.75, 3.05) is 0 Å². The molecule has 4 nitrogen and oxygen atoms in total. The summed E-state index contributed by atoms with van der Waals surface area (Å²) in [5.41, 5.74) is 0. The molecule has 0 amide bonds. The van der Waals surface area contributed by atoms with E-state index in [-0.39, 0.29) is 0 Å². The fourth-order valence-electron chi connectivity index (χ4n) is 1.47. The fourth-order valence-corrected chi connectivity index (χ4v) is 1.47. The van der Waals surface area contributed by atoms with Gasteiger partial charge >= 0.3 is 0 Å². The van der Waals surface area contributed by atoms with Crippen LogP contribution in [0, 0.1) is 0 Å². The Morgan fingerprint density at radius 3 is 3.00 bits per heavy atom. The number of aryl methyl sites for hydroxylation is 1. The molecule has 0 saturated carbocycles. The van der Waals surface area contributed by atoms with Crippen molar-refractivity contribution in [3.05, 3.63) is 24.8 Å². The summed E-state index contributed by atoms with van der Waals surface area (Å²) < 4.78 is 1.94. The van der Waals surface area contributed by atoms with Crippen LogP contribution in [0.2, 0.25) is 0 Å². The molecule has 1 unspecified atom stereocenters. The van der Waals surface area contributed by atoms with E-state index in [1.807, 2.05) is 17.7 Å². The van der Waals surface area contributed by atoms with Gasteiger partial charge in [0, 0.05) is 13.1 Å². The van der Waals surface area contributed by atoms with Gasteiger partial charge in [-0.1, -0.05) is 13.0 Å². The van der Waals surface area contributed by atoms with E-state index in [1.165, 1.54) is 0 Å². The first-order valence-corrected chi connectivity index (χ1v) is 5.45. The van der Waals surface area contributed by atoms with Crippen molar-refractivity contribution in [2.24, 2.45) is 7.05 Å². The second kappa shape index (κ2) is 6.35. The Hall–Kier alpha value is -1.16. The summed E-state index contributed by atoms with van der Waals surface area (Å²) in [6, 6.07) is 0.541. The van der Waals surface area contributed by atoms with Crippen LogP contribution in [0.5, 0.6) is 0 Å². The molecule has 1 atom stereocenters. The van der Waals surface area contributed by atoms with Crippen LogP contribution in [0.1, 0.15) is 32.0 Å². The number of nitrogens with one attached hydrogen (secondary N) is 1. The van der Waals surface area contributed by atoms with Gasteiger partial charge in [-0.3, -0.25) is 0 Å². The van der Waals surface area contributed by atoms with E-state index in [0.717, 1.165) is 31.6 Å². The second-order valence-electron chi connectivity index (χ2n) is 3.71. The first-order chi connectivity index (χ1) is 7.27. The van der Waals surface area contributed by atoms with E-state index in [2.05, 4.69) is 29.0 Å². The van der Waals surface area contributed by atoms with E-state index >= 15 is 0 Å². The standard InChI is InChI=1S/C11H20N4/c1-4-6-7-10(5-2)12-8-11-14-13-9-15(11)3/h4,9-10,12H,1,5-8H2,2-3H3. The molecule has 0 aliphatic heterocycles. The SMILES string of the molecule is C=CCCC(CC)NCc1nncn1C. The first kappa shape index (κ1) is 11.9. The molecular weight excluding hydrogens is 188 g/mol. The van der Waals surface area contributed by atoms with E-state index in [0.29, 0.717) is 6.04 Å². The third-order valence-electron chi connectivity index (χ3n) is 2.57. The molecule has 1 N–H and O–H groups in total. The third-order valence-corrected chi connectivity index (χ3v) is 2.57. The van der Waals surface area contributed by atoms with Gasteiger partial charge in [0.15, 0.2) is 0 Å². The van der Waals surface area contributed by atoms with Crippen molar-refractivity contribution in [1.82, 2.24) is 20.1 Å². The van der Waals surface area contributed by atoms with E-state index in [1.54, 1.807) is 6.33 Å². The maximum atomic E-state index is 4.03. The molecular formula is C11H20N4. The highest BCUT2D eigenvalue weighted by atomic mass is 15.3. The fraction of sp³-hybridized carbons (Fsp3) is 0.636. The summed E-state index contributed by atoms with van der Waals surface area (Å²) in [5, 5.41) is 11.4. The van der Waals surface area contributed by atoms with Crippen molar-refractivity contribution in [3.63, 3.8) is 0 Å². The Kier molecular flexibility index (Phi) is 5.04. The molecule has 0 aromatic carbocycles. The molecule has 0 bridgehead atoms. The predicted molar refractivity (Wildman–Crippen MR) is 61.4 cm³/mol. The highest BCUT2D eigenvalue weighted by molar-refractivity contribution is 4.84. The number of nitrogens with zero attached hydrogens (tertiary/aromatic N) is 3. The van der Waals surface area contributed by atoms with Crippen molar-refractivity contribution >= 4 is 0 Å². The van der Waals surface area contributed by atoms with Crippen LogP contribution in [0.3, 0.4) is 0 Å². The Morgan fingerprint density at radius 1 is 1.67 bits per heavy atom. The van der Waals surface area contributed by atoms with E-state index in [4.69, 9.17) is 0 Å². The summed E-state index contributed by atoms with van der Waals surface area (Å²) in [5.74, 6) is 0.979. The Labute approximate surface area is 91.4 Å². The molecule has 4 heteroatoms. The Morgan fingerprint density at radius 2 is 2.47 bits per heavy atom. The highest BCUT2D eigenvalue weighted by Gasteiger charge is 2.06. The molecule has 1 rings (SSSR count). The van der Waals surface area contributed by atoms with Gasteiger partial charge in [0.2, 0.25) is 0 Å². The van der Waals surface area contributed by atoms with Gasteiger partial charge in [0.25, 0.3) is 0 Å². The van der Waals surface area contributed by atoms with Crippen LogP contribution < -0.4 is 5.32 Å². The maximum absolute atomic E-state index is 4.03. The Bertz CT molecular complexity index is 293. The van der Waals surface area contributed by atoms with Crippen LogP contribution >= 0.6 is 0 Å². The zero-order valence-electron chi connectivity index (χ0n) is 9.61. The average molecular weight is 208 g/mol. The van der Waals surface area contributed by atoms with Crippen LogP contribution in [-0.2, 0) is 13.6 Å². The lowest BCUT2D eigenvalue weighted by molar-refractivity contribution is 0.459. The van der Waals surface area contributed by atoms with E-state index in [9.17, 15) is 0 Å². The van der Waals surface area contributed by atoms with Crippen LogP contribution in [-0.4, -0.2) is 20.8 Å². The molecule has 0 saturated heterocycles. The summed E-state index contributed by atoms with van der Waals surface area (Å²) >= 11 is 0. The molecule has 15 heavy (non-hydrogen) atoms. The summed E-state index contributed by atoms with van der Waals surface area (Å²) in [6.07, 6.45) is 7.02. The molecule has 0 fully saturated rings. The zero-order chi connectivity index (χ0) is 11.1. The van der Waals surface area contributed by atoms with Crippen LogP contribution in [0.4, 0.5) is 0 Å². The lowest BCUT2D eigenvalue weighted by Crippen LogP contribution is -2.28. The van der Waals surface area contributed by atoms with Gasteiger partial charge in [0.05, 0.1) is 6.54 Å². The van der Waals surface area contributed by atoms with Crippen molar-refractivity contribution in [2.45, 2.75) is 38.8 Å². The molecule has 1 heterocycles. The van der Waals surface area contributed by atoms with Crippen molar-refractivity contribution in [1.29, 1.82) is 0 Å². The third kappa shape index (κ3) is 3.83. The van der Waals surface area contributed by atoms with Gasteiger partial charge in [-0.15, -0.1) is 16.8 Å². The van der Waals surface area contributed by atoms with Crippen molar-refractivity contribution < 1.29 is 0 Å². The summed E-state index contributed by atoms with van der Waals surface area (Å²) in [7, 11) is 1.96. The lowest BCUT2D eigenvalue weighted by Gasteiger charge is -2.15. The van der Waals surface area contributed by atoms with Crippen molar-refractivity contribution in [3.8, 4) is 0 Å². The first-order valence-electron chi connectivity index (χ1n) is 5.45. The normalized spacial score (nSPS) is 12.7. The monoisotopic (exact) mass is 208 g/mol. The quantitative estimate of drug-likeness (QED) is 0.693. The molecule has 0 aliphatic carbocycles. The molecule has 0 radical (unpaired) electrons. The molecule has 1 aromatic heterocycles. The molecule has 0 aliphatic rings. The number of hydrogen-bond acceptors (Lipinski definition) is 3. The Balaban J connectivity index is 2.34. The van der Waals surface area contributed by atoms with Crippen LogP contribution in [0.15, 0.2) is 19.0 Å². The zero-order valence-corrected chi connectivity index (χ0v) is 9.61. The largest absolute Gasteiger partial charge is 0.320 e. The molecule has 1 aromatic rings. The van der Waals surface area contributed by atoms with Gasteiger partial charge in [-0.25, -0.2) is 0 Å². The summed E-state index contributed by atoms with van der Waals surface area (Å²) in [4.78, 5) is 0. The number of aromatic nitrogens is 3. The number of hydrogen-bond donors (Lipinski definition) is 1. The minimum absolute atomic E-state index is 0.541. The molecule has 0 spiro atoms. The lowest BCUT2D eigenvalue weighted by atomic mass is 10.1. The topological polar surface area (TPSA) is 42.7 Å². The van der Waals surface area contributed by atoms with Gasteiger partial charge in [-0.05, 0) is 19.3 Å². The number of allylic oxidation sites excluding steroid dienone is 1. The average Bonchev–Trinajstić information content (AvgIpc) is 2.65. The maximum Gasteiger partial charge on any atom is 0.146 e.